The van der Waals surface area contributed by atoms with Crippen molar-refractivity contribution in [2.75, 3.05) is 5.32 Å². The highest BCUT2D eigenvalue weighted by Crippen LogP contribution is 2.23. The summed E-state index contributed by atoms with van der Waals surface area (Å²) >= 11 is 0. The normalized spacial score (nSPS) is 11.1. The molecule has 0 atom stereocenters. The van der Waals surface area contributed by atoms with E-state index in [1.807, 2.05) is 44.2 Å². The Hall–Kier alpha value is -3.41. The molecule has 2 aromatic carbocycles. The number of carbonyl (C=O) groups excluding carboxylic acids is 1. The van der Waals surface area contributed by atoms with E-state index in [1.54, 1.807) is 0 Å². The Bertz CT molecular complexity index is 1120. The quantitative estimate of drug-likeness (QED) is 0.483. The number of rotatable bonds is 5. The zero-order valence-corrected chi connectivity index (χ0v) is 16.3. The molecule has 28 heavy (non-hydrogen) atoms. The van der Waals surface area contributed by atoms with Gasteiger partial charge < -0.3 is 10.3 Å². The van der Waals surface area contributed by atoms with Gasteiger partial charge in [-0.2, -0.15) is 5.10 Å². The molecular weight excluding hydrogens is 350 g/mol. The number of benzene rings is 2. The molecule has 2 aromatic heterocycles. The lowest BCUT2D eigenvalue weighted by Gasteiger charge is -2.06. The number of anilines is 1. The summed E-state index contributed by atoms with van der Waals surface area (Å²) in [6.45, 7) is 5.99. The first-order chi connectivity index (χ1) is 13.5. The first-order valence-corrected chi connectivity index (χ1v) is 9.37. The number of nitrogens with zero attached hydrogens (tertiary/aromatic N) is 2. The summed E-state index contributed by atoms with van der Waals surface area (Å²) in [5, 5.41) is 10.1. The summed E-state index contributed by atoms with van der Waals surface area (Å²) in [6, 6.07) is 13.9. The van der Waals surface area contributed by atoms with Gasteiger partial charge in [0.25, 0.3) is 0 Å². The molecule has 0 aliphatic carbocycles. The second kappa shape index (κ2) is 7.31. The summed E-state index contributed by atoms with van der Waals surface area (Å²) in [5.41, 5.74) is 8.02. The Morgan fingerprint density at radius 3 is 2.57 bits per heavy atom. The average molecular weight is 373 g/mol. The van der Waals surface area contributed by atoms with E-state index >= 15 is 0 Å². The minimum atomic E-state index is -0.00744. The summed E-state index contributed by atoms with van der Waals surface area (Å²) in [7, 11) is 0. The number of hydrogen-bond donors (Lipinski definition) is 3. The second-order valence-electron chi connectivity index (χ2n) is 7.14. The molecule has 1 amide bonds. The van der Waals surface area contributed by atoms with E-state index in [9.17, 15) is 4.79 Å². The van der Waals surface area contributed by atoms with Gasteiger partial charge in [0.15, 0.2) is 0 Å². The maximum Gasteiger partial charge on any atom is 0.224 e. The number of H-pyrrole nitrogens is 2. The number of imidazole rings is 1. The van der Waals surface area contributed by atoms with E-state index in [1.165, 1.54) is 5.56 Å². The maximum atomic E-state index is 12.3. The van der Waals surface area contributed by atoms with Crippen LogP contribution in [0.5, 0.6) is 0 Å². The van der Waals surface area contributed by atoms with Crippen molar-refractivity contribution in [3.05, 3.63) is 65.0 Å². The summed E-state index contributed by atoms with van der Waals surface area (Å²) < 4.78 is 0. The zero-order valence-electron chi connectivity index (χ0n) is 16.3. The number of nitrogens with one attached hydrogen (secondary N) is 3. The molecule has 4 aromatic rings. The SMILES string of the molecule is Cc1ccc2nc(-c3ccc(NC(=O)CCc4c(C)n[nH]c4C)cc3)[nH]c2c1. The number of fused-ring (bicyclic) bond motifs is 1. The molecule has 6 heteroatoms. The van der Waals surface area contributed by atoms with Gasteiger partial charge in [-0.3, -0.25) is 9.89 Å². The Labute approximate surface area is 163 Å². The van der Waals surface area contributed by atoms with Crippen LogP contribution in [-0.2, 0) is 11.2 Å². The largest absolute Gasteiger partial charge is 0.338 e. The molecule has 4 rings (SSSR count). The predicted molar refractivity (Wildman–Crippen MR) is 111 cm³/mol. The van der Waals surface area contributed by atoms with Crippen molar-refractivity contribution < 1.29 is 4.79 Å². The number of aryl methyl sites for hydroxylation is 3. The van der Waals surface area contributed by atoms with Crippen molar-refractivity contribution in [3.8, 4) is 11.4 Å². The van der Waals surface area contributed by atoms with Crippen molar-refractivity contribution in [3.63, 3.8) is 0 Å². The van der Waals surface area contributed by atoms with Gasteiger partial charge in [-0.25, -0.2) is 4.98 Å². The van der Waals surface area contributed by atoms with E-state index < -0.39 is 0 Å². The summed E-state index contributed by atoms with van der Waals surface area (Å²) in [5.74, 6) is 0.816. The predicted octanol–water partition coefficient (Wildman–Crippen LogP) is 4.45. The standard InChI is InChI=1S/C22H23N5O/c1-13-4-10-19-20(12-13)25-22(24-19)16-5-7-17(8-6-16)23-21(28)11-9-18-14(2)26-27-15(18)3/h4-8,10,12H,9,11H2,1-3H3,(H,23,28)(H,24,25)(H,26,27). The smallest absolute Gasteiger partial charge is 0.224 e. The van der Waals surface area contributed by atoms with Crippen LogP contribution in [0.2, 0.25) is 0 Å². The molecule has 0 saturated carbocycles. The molecule has 0 fully saturated rings. The molecule has 2 heterocycles. The molecule has 0 radical (unpaired) electrons. The number of aromatic nitrogens is 4. The van der Waals surface area contributed by atoms with E-state index in [2.05, 4.69) is 44.5 Å². The van der Waals surface area contributed by atoms with E-state index in [0.29, 0.717) is 12.8 Å². The first-order valence-electron chi connectivity index (χ1n) is 9.37. The third kappa shape index (κ3) is 3.67. The van der Waals surface area contributed by atoms with Crippen LogP contribution in [0.15, 0.2) is 42.5 Å². The minimum Gasteiger partial charge on any atom is -0.338 e. The van der Waals surface area contributed by atoms with Gasteiger partial charge in [0.1, 0.15) is 5.82 Å². The Morgan fingerprint density at radius 2 is 1.86 bits per heavy atom. The van der Waals surface area contributed by atoms with Gasteiger partial charge in [-0.05, 0) is 74.7 Å². The summed E-state index contributed by atoms with van der Waals surface area (Å²) in [4.78, 5) is 20.3. The molecule has 0 unspecified atom stereocenters. The van der Waals surface area contributed by atoms with Crippen LogP contribution >= 0.6 is 0 Å². The number of hydrogen-bond acceptors (Lipinski definition) is 3. The lowest BCUT2D eigenvalue weighted by molar-refractivity contribution is -0.116. The lowest BCUT2D eigenvalue weighted by Crippen LogP contribution is -2.12. The van der Waals surface area contributed by atoms with Crippen LogP contribution < -0.4 is 5.32 Å². The molecule has 142 valence electrons. The van der Waals surface area contributed by atoms with Crippen LogP contribution in [0.1, 0.15) is 28.9 Å². The van der Waals surface area contributed by atoms with Crippen molar-refractivity contribution in [1.29, 1.82) is 0 Å². The molecule has 3 N–H and O–H groups in total. The van der Waals surface area contributed by atoms with Gasteiger partial charge in [0.2, 0.25) is 5.91 Å². The van der Waals surface area contributed by atoms with Crippen molar-refractivity contribution in [2.24, 2.45) is 0 Å². The van der Waals surface area contributed by atoms with Crippen LogP contribution in [0.4, 0.5) is 5.69 Å². The van der Waals surface area contributed by atoms with Crippen molar-refractivity contribution >= 4 is 22.6 Å². The minimum absolute atomic E-state index is 0.00744. The topological polar surface area (TPSA) is 86.5 Å². The first kappa shape index (κ1) is 18.0. The molecule has 0 spiro atoms. The lowest BCUT2D eigenvalue weighted by atomic mass is 10.1. The monoisotopic (exact) mass is 373 g/mol. The molecule has 0 bridgehead atoms. The second-order valence-corrected chi connectivity index (χ2v) is 7.14. The van der Waals surface area contributed by atoms with E-state index in [-0.39, 0.29) is 5.91 Å². The number of aromatic amines is 2. The van der Waals surface area contributed by atoms with Gasteiger partial charge in [-0.15, -0.1) is 0 Å². The molecule has 0 aliphatic rings. The van der Waals surface area contributed by atoms with Crippen LogP contribution in [0.3, 0.4) is 0 Å². The highest BCUT2D eigenvalue weighted by atomic mass is 16.1. The third-order valence-electron chi connectivity index (χ3n) is 4.96. The molecule has 0 saturated heterocycles. The van der Waals surface area contributed by atoms with Crippen LogP contribution in [0.25, 0.3) is 22.4 Å². The Morgan fingerprint density at radius 1 is 1.07 bits per heavy atom. The number of amides is 1. The van der Waals surface area contributed by atoms with Crippen LogP contribution in [-0.4, -0.2) is 26.1 Å². The highest BCUT2D eigenvalue weighted by Gasteiger charge is 2.10. The van der Waals surface area contributed by atoms with Gasteiger partial charge >= 0.3 is 0 Å². The number of carbonyl (C=O) groups is 1. The van der Waals surface area contributed by atoms with Gasteiger partial charge in [-0.1, -0.05) is 6.07 Å². The molecule has 0 aliphatic heterocycles. The van der Waals surface area contributed by atoms with Crippen molar-refractivity contribution in [1.82, 2.24) is 20.2 Å². The maximum absolute atomic E-state index is 12.3. The van der Waals surface area contributed by atoms with Crippen molar-refractivity contribution in [2.45, 2.75) is 33.6 Å². The molecule has 6 nitrogen and oxygen atoms in total. The fourth-order valence-electron chi connectivity index (χ4n) is 3.38. The average Bonchev–Trinajstić information content (AvgIpc) is 3.23. The summed E-state index contributed by atoms with van der Waals surface area (Å²) in [6.07, 6.45) is 1.10. The fraction of sp³-hybridized carbons (Fsp3) is 0.227. The van der Waals surface area contributed by atoms with Gasteiger partial charge in [0, 0.05) is 23.4 Å². The molecular formula is C22H23N5O. The van der Waals surface area contributed by atoms with E-state index in [4.69, 9.17) is 0 Å². The van der Waals surface area contributed by atoms with Gasteiger partial charge in [0.05, 0.1) is 16.7 Å². The van der Waals surface area contributed by atoms with Crippen LogP contribution in [0, 0.1) is 20.8 Å². The Balaban J connectivity index is 1.41. The third-order valence-corrected chi connectivity index (χ3v) is 4.96. The fourth-order valence-corrected chi connectivity index (χ4v) is 3.38. The van der Waals surface area contributed by atoms with E-state index in [0.717, 1.165) is 45.1 Å². The Kier molecular flexibility index (Phi) is 4.69. The highest BCUT2D eigenvalue weighted by molar-refractivity contribution is 5.91. The zero-order chi connectivity index (χ0) is 19.7.